The van der Waals surface area contributed by atoms with Crippen LogP contribution in [0.1, 0.15) is 76.8 Å². The van der Waals surface area contributed by atoms with Gasteiger partial charge in [-0.1, -0.05) is 13.0 Å². The summed E-state index contributed by atoms with van der Waals surface area (Å²) in [5.41, 5.74) is 2.32. The second kappa shape index (κ2) is 11.8. The molecule has 1 aliphatic heterocycles. The number of carbonyl (C=O) groups is 4. The van der Waals surface area contributed by atoms with Crippen molar-refractivity contribution in [2.24, 2.45) is 17.3 Å². The average Bonchev–Trinajstić information content (AvgIpc) is 3.26. The van der Waals surface area contributed by atoms with E-state index in [2.05, 4.69) is 13.0 Å². The molecule has 10 atom stereocenters. The number of methoxy groups -OCH3 is 1. The molecule has 11 nitrogen and oxygen atoms in total. The summed E-state index contributed by atoms with van der Waals surface area (Å²) in [6.07, 6.45) is -1.72. The van der Waals surface area contributed by atoms with E-state index in [1.54, 1.807) is 6.07 Å². The van der Waals surface area contributed by atoms with Gasteiger partial charge in [0, 0.05) is 20.8 Å². The summed E-state index contributed by atoms with van der Waals surface area (Å²) in [4.78, 5) is 49.1. The molecule has 5 rings (SSSR count). The molecular weight excluding hydrogens is 548 g/mol. The molecule has 230 valence electrons. The maximum absolute atomic E-state index is 12.8. The molecule has 1 aromatic rings. The maximum Gasteiger partial charge on any atom is 0.339 e. The lowest BCUT2D eigenvalue weighted by atomic mass is 9.55. The van der Waals surface area contributed by atoms with Crippen molar-refractivity contribution < 1.29 is 52.7 Å². The monoisotopic (exact) mass is 588 g/mol. The first-order chi connectivity index (χ1) is 19.9. The molecule has 1 saturated heterocycles. The molecule has 4 aliphatic rings. The molecular formula is C31H40O11. The van der Waals surface area contributed by atoms with E-state index in [-0.39, 0.29) is 11.5 Å². The Bertz CT molecular complexity index is 1230. The van der Waals surface area contributed by atoms with Crippen LogP contribution in [0, 0.1) is 17.3 Å². The highest BCUT2D eigenvalue weighted by Gasteiger charge is 2.59. The Morgan fingerprint density at radius 2 is 1.57 bits per heavy atom. The van der Waals surface area contributed by atoms with Gasteiger partial charge in [-0.25, -0.2) is 4.79 Å². The molecule has 2 saturated carbocycles. The molecule has 0 aromatic heterocycles. The number of esters is 4. The number of aryl methyl sites for hydroxylation is 1. The molecule has 10 unspecified atom stereocenters. The predicted octanol–water partition coefficient (Wildman–Crippen LogP) is 3.33. The first kappa shape index (κ1) is 30.3. The summed E-state index contributed by atoms with van der Waals surface area (Å²) in [6.45, 7) is 5.73. The van der Waals surface area contributed by atoms with E-state index in [0.717, 1.165) is 52.6 Å². The molecule has 11 heteroatoms. The second-order valence-electron chi connectivity index (χ2n) is 12.2. The van der Waals surface area contributed by atoms with Gasteiger partial charge in [0.2, 0.25) is 0 Å². The average molecular weight is 589 g/mol. The minimum Gasteiger partial charge on any atom is -0.508 e. The zero-order chi connectivity index (χ0) is 30.3. The van der Waals surface area contributed by atoms with Crippen molar-refractivity contribution in [2.75, 3.05) is 7.11 Å². The highest BCUT2D eigenvalue weighted by molar-refractivity contribution is 5.77. The molecule has 1 aromatic carbocycles. The minimum atomic E-state index is -1.48. The van der Waals surface area contributed by atoms with Crippen LogP contribution in [0.5, 0.6) is 5.75 Å². The lowest BCUT2D eigenvalue weighted by Crippen LogP contribution is -2.64. The van der Waals surface area contributed by atoms with Gasteiger partial charge in [-0.05, 0) is 85.0 Å². The maximum atomic E-state index is 12.8. The lowest BCUT2D eigenvalue weighted by Gasteiger charge is -2.51. The lowest BCUT2D eigenvalue weighted by molar-refractivity contribution is -0.317. The Balaban J connectivity index is 1.43. The quantitative estimate of drug-likeness (QED) is 0.386. The number of rotatable bonds is 6. The second-order valence-corrected chi connectivity index (χ2v) is 12.2. The third-order valence-corrected chi connectivity index (χ3v) is 9.76. The van der Waals surface area contributed by atoms with Gasteiger partial charge in [-0.2, -0.15) is 0 Å². The Morgan fingerprint density at radius 1 is 0.905 bits per heavy atom. The minimum absolute atomic E-state index is 0.218. The number of ether oxygens (including phenoxy) is 6. The third kappa shape index (κ3) is 5.60. The largest absolute Gasteiger partial charge is 0.508 e. The number of hydrogen-bond acceptors (Lipinski definition) is 11. The summed E-state index contributed by atoms with van der Waals surface area (Å²) < 4.78 is 34.0. The van der Waals surface area contributed by atoms with Crippen LogP contribution in [0.3, 0.4) is 0 Å². The van der Waals surface area contributed by atoms with Gasteiger partial charge in [0.25, 0.3) is 0 Å². The van der Waals surface area contributed by atoms with E-state index in [9.17, 15) is 24.3 Å². The third-order valence-electron chi connectivity index (χ3n) is 9.76. The Hall–Kier alpha value is -3.18. The van der Waals surface area contributed by atoms with Crippen molar-refractivity contribution in [1.29, 1.82) is 0 Å². The fraction of sp³-hybridized carbons (Fsp3) is 0.677. The van der Waals surface area contributed by atoms with E-state index in [4.69, 9.17) is 28.4 Å². The molecule has 0 bridgehead atoms. The fourth-order valence-electron chi connectivity index (χ4n) is 8.10. The van der Waals surface area contributed by atoms with Crippen molar-refractivity contribution in [2.45, 2.75) is 109 Å². The van der Waals surface area contributed by atoms with Crippen molar-refractivity contribution >= 4 is 23.9 Å². The summed E-state index contributed by atoms with van der Waals surface area (Å²) in [7, 11) is 1.16. The number of fused-ring (bicyclic) bond motifs is 5. The number of phenols is 1. The van der Waals surface area contributed by atoms with Gasteiger partial charge in [0.05, 0.1) is 13.2 Å². The van der Waals surface area contributed by atoms with Crippen LogP contribution in [-0.2, 0) is 54.0 Å². The molecule has 1 N–H and O–H groups in total. The number of hydrogen-bond donors (Lipinski definition) is 1. The van der Waals surface area contributed by atoms with Crippen LogP contribution in [0.25, 0.3) is 0 Å². The Labute approximate surface area is 245 Å². The van der Waals surface area contributed by atoms with Crippen LogP contribution in [0.4, 0.5) is 0 Å². The topological polar surface area (TPSA) is 144 Å². The first-order valence-electron chi connectivity index (χ1n) is 14.6. The summed E-state index contributed by atoms with van der Waals surface area (Å²) >= 11 is 0. The van der Waals surface area contributed by atoms with Gasteiger partial charge >= 0.3 is 23.9 Å². The highest BCUT2D eigenvalue weighted by atomic mass is 16.7. The molecule has 0 radical (unpaired) electrons. The number of phenolic OH excluding ortho intramolecular Hbond substituents is 1. The fourth-order valence-corrected chi connectivity index (χ4v) is 8.10. The van der Waals surface area contributed by atoms with Gasteiger partial charge < -0.3 is 33.5 Å². The van der Waals surface area contributed by atoms with E-state index >= 15 is 0 Å². The molecule has 3 fully saturated rings. The van der Waals surface area contributed by atoms with Gasteiger partial charge in [-0.3, -0.25) is 14.4 Å². The van der Waals surface area contributed by atoms with Crippen molar-refractivity contribution in [3.05, 3.63) is 29.3 Å². The van der Waals surface area contributed by atoms with E-state index < -0.39 is 54.6 Å². The van der Waals surface area contributed by atoms with Gasteiger partial charge in [0.15, 0.2) is 30.7 Å². The van der Waals surface area contributed by atoms with E-state index in [0.29, 0.717) is 23.5 Å². The summed E-state index contributed by atoms with van der Waals surface area (Å²) in [5.74, 6) is -1.48. The van der Waals surface area contributed by atoms with Crippen molar-refractivity contribution in [3.63, 3.8) is 0 Å². The zero-order valence-corrected chi connectivity index (χ0v) is 24.7. The smallest absolute Gasteiger partial charge is 0.339 e. The normalized spacial score (nSPS) is 36.9. The van der Waals surface area contributed by atoms with Crippen molar-refractivity contribution in [1.82, 2.24) is 0 Å². The van der Waals surface area contributed by atoms with Crippen LogP contribution in [0.2, 0.25) is 0 Å². The molecule has 42 heavy (non-hydrogen) atoms. The molecule has 1 heterocycles. The Kier molecular flexibility index (Phi) is 8.53. The number of aromatic hydroxyl groups is 1. The standard InChI is InChI=1S/C31H40O11/c1-15(32)38-25-26(39-16(2)33)28(40-17(3)34)30(42-27(25)29(36)37-5)41-24-11-10-23-22-8-6-18-14-19(35)7-9-20(18)21(22)12-13-31(23,24)4/h7,9,14,21-28,30,35H,6,8,10-13H2,1-5H3. The SMILES string of the molecule is COC(=O)C1OC(OC2CCC3C4CCc5cc(O)ccc5C4CCC23C)C(OC(C)=O)C(OC(C)=O)C1OC(C)=O. The molecule has 0 amide bonds. The zero-order valence-electron chi connectivity index (χ0n) is 24.7. The van der Waals surface area contributed by atoms with Crippen LogP contribution >= 0.6 is 0 Å². The first-order valence-corrected chi connectivity index (χ1v) is 14.6. The Morgan fingerprint density at radius 3 is 2.24 bits per heavy atom. The highest BCUT2D eigenvalue weighted by Crippen LogP contribution is 2.62. The molecule has 0 spiro atoms. The predicted molar refractivity (Wildman–Crippen MR) is 145 cm³/mol. The van der Waals surface area contributed by atoms with Gasteiger partial charge in [-0.15, -0.1) is 0 Å². The van der Waals surface area contributed by atoms with E-state index in [1.807, 2.05) is 6.07 Å². The summed E-state index contributed by atoms with van der Waals surface area (Å²) in [6, 6.07) is 5.72. The van der Waals surface area contributed by atoms with Crippen molar-refractivity contribution in [3.8, 4) is 5.75 Å². The summed E-state index contributed by atoms with van der Waals surface area (Å²) in [5, 5.41) is 10.00. The van der Waals surface area contributed by atoms with Crippen LogP contribution < -0.4 is 0 Å². The number of carbonyl (C=O) groups excluding carboxylic acids is 4. The van der Waals surface area contributed by atoms with E-state index in [1.165, 1.54) is 25.0 Å². The number of benzene rings is 1. The van der Waals surface area contributed by atoms with Gasteiger partial charge in [0.1, 0.15) is 5.75 Å². The van der Waals surface area contributed by atoms with Crippen LogP contribution in [0.15, 0.2) is 18.2 Å². The van der Waals surface area contributed by atoms with Crippen LogP contribution in [-0.4, -0.2) is 72.9 Å². The molecule has 3 aliphatic carbocycles.